The van der Waals surface area contributed by atoms with Crippen molar-refractivity contribution in [2.75, 3.05) is 6.54 Å². The van der Waals surface area contributed by atoms with Crippen molar-refractivity contribution in [2.24, 2.45) is 10.9 Å². The molecule has 0 saturated heterocycles. The van der Waals surface area contributed by atoms with Gasteiger partial charge in [0, 0.05) is 24.3 Å². The Bertz CT molecular complexity index is 392. The molecule has 0 aromatic rings. The highest BCUT2D eigenvalue weighted by Crippen LogP contribution is 2.36. The second-order valence-electron chi connectivity index (χ2n) is 6.32. The Balaban J connectivity index is 2.17. The van der Waals surface area contributed by atoms with E-state index in [1.54, 1.807) is 6.92 Å². The summed E-state index contributed by atoms with van der Waals surface area (Å²) < 4.78 is 13.7. The molecule has 112 valence electrons. The van der Waals surface area contributed by atoms with Crippen molar-refractivity contribution in [3.05, 3.63) is 11.6 Å². The van der Waals surface area contributed by atoms with Crippen LogP contribution in [0.1, 0.15) is 65.7 Å². The third-order valence-corrected chi connectivity index (χ3v) is 4.18. The van der Waals surface area contributed by atoms with E-state index in [4.69, 9.17) is 5.26 Å². The lowest BCUT2D eigenvalue weighted by Crippen LogP contribution is -2.25. The average molecular weight is 278 g/mol. The number of aliphatic imine (C=N–C) groups is 1. The van der Waals surface area contributed by atoms with Gasteiger partial charge in [0.25, 0.3) is 0 Å². The Morgan fingerprint density at radius 2 is 2.05 bits per heavy atom. The first-order chi connectivity index (χ1) is 9.43. The Kier molecular flexibility index (Phi) is 6.91. The van der Waals surface area contributed by atoms with E-state index in [1.165, 1.54) is 6.42 Å². The van der Waals surface area contributed by atoms with E-state index in [0.717, 1.165) is 56.4 Å². The topological polar surface area (TPSA) is 36.1 Å². The lowest BCUT2D eigenvalue weighted by Gasteiger charge is -2.30. The summed E-state index contributed by atoms with van der Waals surface area (Å²) in [6.07, 6.45) is 8.44. The first kappa shape index (κ1) is 16.9. The quantitative estimate of drug-likeness (QED) is 0.382. The van der Waals surface area contributed by atoms with Crippen LogP contribution in [-0.4, -0.2) is 17.9 Å². The summed E-state index contributed by atoms with van der Waals surface area (Å²) in [4.78, 5) is 4.53. The summed E-state index contributed by atoms with van der Waals surface area (Å²) in [5.74, 6) is 0.690. The molecule has 0 radical (unpaired) electrons. The van der Waals surface area contributed by atoms with E-state index in [9.17, 15) is 4.39 Å². The molecule has 0 amide bonds. The van der Waals surface area contributed by atoms with Crippen LogP contribution < -0.4 is 0 Å². The van der Waals surface area contributed by atoms with Gasteiger partial charge in [-0.25, -0.2) is 4.39 Å². The summed E-state index contributed by atoms with van der Waals surface area (Å²) in [5.41, 5.74) is 0.909. The summed E-state index contributed by atoms with van der Waals surface area (Å²) in [7, 11) is 0. The molecule has 20 heavy (non-hydrogen) atoms. The fourth-order valence-corrected chi connectivity index (χ4v) is 2.63. The molecule has 2 nitrogen and oxygen atoms in total. The van der Waals surface area contributed by atoms with Gasteiger partial charge < -0.3 is 0 Å². The van der Waals surface area contributed by atoms with Crippen molar-refractivity contribution >= 4 is 5.71 Å². The monoisotopic (exact) mass is 278 g/mol. The van der Waals surface area contributed by atoms with Gasteiger partial charge in [0.2, 0.25) is 0 Å². The Morgan fingerprint density at radius 3 is 2.65 bits per heavy atom. The third-order valence-electron chi connectivity index (χ3n) is 4.18. The maximum absolute atomic E-state index is 13.7. The van der Waals surface area contributed by atoms with Gasteiger partial charge in [0.1, 0.15) is 5.67 Å². The number of hydrogen-bond acceptors (Lipinski definition) is 2. The van der Waals surface area contributed by atoms with Crippen molar-refractivity contribution in [3.8, 4) is 6.07 Å². The van der Waals surface area contributed by atoms with Gasteiger partial charge in [-0.05, 0) is 65.2 Å². The second kappa shape index (κ2) is 8.19. The molecule has 0 atom stereocenters. The Hall–Kier alpha value is -1.17. The van der Waals surface area contributed by atoms with Crippen molar-refractivity contribution < 1.29 is 4.39 Å². The normalized spacial score (nSPS) is 28.2. The third kappa shape index (κ3) is 6.84. The van der Waals surface area contributed by atoms with Crippen LogP contribution >= 0.6 is 0 Å². The number of rotatable bonds is 6. The fourth-order valence-electron chi connectivity index (χ4n) is 2.63. The lowest BCUT2D eigenvalue weighted by molar-refractivity contribution is 0.100. The largest absolute Gasteiger partial charge is 0.294 e. The van der Waals surface area contributed by atoms with Crippen LogP contribution in [0.3, 0.4) is 0 Å². The lowest BCUT2D eigenvalue weighted by atomic mass is 9.79. The molecule has 0 aromatic carbocycles. The number of nitrogens with zero attached hydrogens (tertiary/aromatic N) is 2. The minimum atomic E-state index is -0.920. The SMILES string of the molecule is C/C(C/C=C(\C)C#N)=N/CCCC1CCC(C)(F)CC1. The van der Waals surface area contributed by atoms with Crippen LogP contribution in [0.5, 0.6) is 0 Å². The molecule has 0 aliphatic heterocycles. The van der Waals surface area contributed by atoms with Crippen LogP contribution in [0.15, 0.2) is 16.6 Å². The zero-order chi connectivity index (χ0) is 15.0. The van der Waals surface area contributed by atoms with Crippen LogP contribution in [0.2, 0.25) is 0 Å². The predicted molar refractivity (Wildman–Crippen MR) is 82.7 cm³/mol. The van der Waals surface area contributed by atoms with Gasteiger partial charge in [-0.15, -0.1) is 0 Å². The van der Waals surface area contributed by atoms with Gasteiger partial charge in [-0.3, -0.25) is 4.99 Å². The molecule has 1 rings (SSSR count). The first-order valence-electron chi connectivity index (χ1n) is 7.68. The molecular formula is C17H27FN2. The molecule has 1 saturated carbocycles. The van der Waals surface area contributed by atoms with Gasteiger partial charge in [0.05, 0.1) is 6.07 Å². The standard InChI is InChI=1S/C17H27FN2/c1-14(13-19)6-7-15(2)20-12-4-5-16-8-10-17(3,18)11-9-16/h6,16H,4-5,7-12H2,1-3H3/b14-6+,20-15-. The van der Waals surface area contributed by atoms with Crippen LogP contribution in [0, 0.1) is 17.2 Å². The van der Waals surface area contributed by atoms with Crippen molar-refractivity contribution in [2.45, 2.75) is 71.4 Å². The predicted octanol–water partition coefficient (Wildman–Crippen LogP) is 5.01. The van der Waals surface area contributed by atoms with E-state index in [1.807, 2.05) is 19.9 Å². The van der Waals surface area contributed by atoms with Crippen molar-refractivity contribution in [1.82, 2.24) is 0 Å². The van der Waals surface area contributed by atoms with Gasteiger partial charge in [-0.2, -0.15) is 5.26 Å². The van der Waals surface area contributed by atoms with Crippen LogP contribution in [-0.2, 0) is 0 Å². The zero-order valence-electron chi connectivity index (χ0n) is 13.1. The second-order valence-corrected chi connectivity index (χ2v) is 6.32. The maximum Gasteiger partial charge on any atom is 0.108 e. The van der Waals surface area contributed by atoms with E-state index in [0.29, 0.717) is 5.92 Å². The smallest absolute Gasteiger partial charge is 0.108 e. The van der Waals surface area contributed by atoms with E-state index in [2.05, 4.69) is 11.1 Å². The highest BCUT2D eigenvalue weighted by Gasteiger charge is 2.30. The van der Waals surface area contributed by atoms with Gasteiger partial charge in [0.15, 0.2) is 0 Å². The molecule has 0 unspecified atom stereocenters. The Labute approximate surface area is 122 Å². The molecule has 1 aliphatic rings. The number of hydrogen-bond donors (Lipinski definition) is 0. The molecule has 0 bridgehead atoms. The Morgan fingerprint density at radius 1 is 1.40 bits per heavy atom. The highest BCUT2D eigenvalue weighted by atomic mass is 19.1. The van der Waals surface area contributed by atoms with Crippen LogP contribution in [0.25, 0.3) is 0 Å². The highest BCUT2D eigenvalue weighted by molar-refractivity contribution is 5.83. The summed E-state index contributed by atoms with van der Waals surface area (Å²) in [5, 5.41) is 8.66. The van der Waals surface area contributed by atoms with E-state index in [-0.39, 0.29) is 0 Å². The first-order valence-corrected chi connectivity index (χ1v) is 7.68. The molecule has 1 aliphatic carbocycles. The summed E-state index contributed by atoms with van der Waals surface area (Å²) >= 11 is 0. The molecule has 0 heterocycles. The van der Waals surface area contributed by atoms with Crippen molar-refractivity contribution in [3.63, 3.8) is 0 Å². The minimum Gasteiger partial charge on any atom is -0.294 e. The van der Waals surface area contributed by atoms with Gasteiger partial charge >= 0.3 is 0 Å². The zero-order valence-corrected chi connectivity index (χ0v) is 13.1. The van der Waals surface area contributed by atoms with Gasteiger partial charge in [-0.1, -0.05) is 6.08 Å². The fraction of sp³-hybridized carbons (Fsp3) is 0.765. The molecule has 1 fully saturated rings. The molecule has 0 spiro atoms. The summed E-state index contributed by atoms with van der Waals surface area (Å²) in [6.45, 7) is 6.41. The van der Waals surface area contributed by atoms with Crippen molar-refractivity contribution in [1.29, 1.82) is 5.26 Å². The maximum atomic E-state index is 13.7. The number of halogens is 1. The minimum absolute atomic E-state index is 0.690. The van der Waals surface area contributed by atoms with E-state index >= 15 is 0 Å². The summed E-state index contributed by atoms with van der Waals surface area (Å²) in [6, 6.07) is 2.11. The molecule has 0 N–H and O–H groups in total. The number of alkyl halides is 1. The van der Waals surface area contributed by atoms with Crippen LogP contribution in [0.4, 0.5) is 4.39 Å². The molecule has 0 aromatic heterocycles. The molecular weight excluding hydrogens is 251 g/mol. The van der Waals surface area contributed by atoms with E-state index < -0.39 is 5.67 Å². The molecule has 3 heteroatoms. The number of allylic oxidation sites excluding steroid dienone is 2. The average Bonchev–Trinajstić information content (AvgIpc) is 2.42. The number of nitriles is 1.